The zero-order valence-corrected chi connectivity index (χ0v) is 22.1. The van der Waals surface area contributed by atoms with Gasteiger partial charge in [-0.25, -0.2) is 9.67 Å². The van der Waals surface area contributed by atoms with E-state index in [2.05, 4.69) is 83.2 Å². The van der Waals surface area contributed by atoms with Crippen molar-refractivity contribution in [2.24, 2.45) is 0 Å². The zero-order valence-electron chi connectivity index (χ0n) is 22.1. The van der Waals surface area contributed by atoms with Gasteiger partial charge in [0.25, 0.3) is 0 Å². The molecule has 0 spiro atoms. The first-order chi connectivity index (χ1) is 17.5. The molecule has 0 fully saturated rings. The molecule has 1 aromatic carbocycles. The second kappa shape index (κ2) is 11.1. The van der Waals surface area contributed by atoms with E-state index in [0.29, 0.717) is 24.6 Å². The lowest BCUT2D eigenvalue weighted by Gasteiger charge is -2.27. The molecule has 4 rings (SSSR count). The van der Waals surface area contributed by atoms with E-state index < -0.39 is 5.79 Å². The van der Waals surface area contributed by atoms with Crippen molar-refractivity contribution in [3.8, 4) is 17.2 Å². The molecule has 1 N–H and O–H groups in total. The van der Waals surface area contributed by atoms with E-state index in [1.807, 2.05) is 4.68 Å². The van der Waals surface area contributed by atoms with Gasteiger partial charge in [0.1, 0.15) is 5.82 Å². The molecule has 0 aliphatic carbocycles. The lowest BCUT2D eigenvalue weighted by atomic mass is 10.1. The Kier molecular flexibility index (Phi) is 7.95. The highest BCUT2D eigenvalue weighted by Crippen LogP contribution is 2.30. The van der Waals surface area contributed by atoms with E-state index in [1.54, 1.807) is 14.2 Å². The number of benzene rings is 1. The SMILES string of the molecule is CCCCc1nc(C(CCC)(OC)OC)nn1Cc1ccc(-n2c(C)cc(C)c2-c2nn[nH]n2)cc1. The molecule has 10 heteroatoms. The van der Waals surface area contributed by atoms with Crippen molar-refractivity contribution in [1.82, 2.24) is 40.0 Å². The molecule has 0 radical (unpaired) electrons. The van der Waals surface area contributed by atoms with E-state index in [4.69, 9.17) is 19.6 Å². The molecule has 0 unspecified atom stereocenters. The van der Waals surface area contributed by atoms with Gasteiger partial charge in [-0.2, -0.15) is 5.21 Å². The lowest BCUT2D eigenvalue weighted by molar-refractivity contribution is -0.225. The molecule has 192 valence electrons. The minimum Gasteiger partial charge on any atom is -0.347 e. The second-order valence-electron chi connectivity index (χ2n) is 9.08. The molecule has 4 aromatic rings. The van der Waals surface area contributed by atoms with E-state index in [-0.39, 0.29) is 0 Å². The topological polar surface area (TPSA) is 109 Å². The summed E-state index contributed by atoms with van der Waals surface area (Å²) in [5.74, 6) is 1.18. The third kappa shape index (κ3) is 4.96. The van der Waals surface area contributed by atoms with Gasteiger partial charge in [-0.15, -0.1) is 15.3 Å². The van der Waals surface area contributed by atoms with Gasteiger partial charge >= 0.3 is 0 Å². The van der Waals surface area contributed by atoms with Crippen molar-refractivity contribution in [1.29, 1.82) is 0 Å². The number of H-pyrrole nitrogens is 1. The van der Waals surface area contributed by atoms with Crippen molar-refractivity contribution in [2.45, 2.75) is 72.1 Å². The van der Waals surface area contributed by atoms with Gasteiger partial charge in [-0.1, -0.05) is 38.8 Å². The Morgan fingerprint density at radius 2 is 1.78 bits per heavy atom. The summed E-state index contributed by atoms with van der Waals surface area (Å²) in [6, 6.07) is 10.6. The van der Waals surface area contributed by atoms with Crippen LogP contribution in [0.4, 0.5) is 0 Å². The molecule has 0 amide bonds. The summed E-state index contributed by atoms with van der Waals surface area (Å²) >= 11 is 0. The molecule has 10 nitrogen and oxygen atoms in total. The molecular weight excluding hydrogens is 456 g/mol. The van der Waals surface area contributed by atoms with Crippen LogP contribution in [0.1, 0.15) is 68.0 Å². The van der Waals surface area contributed by atoms with Crippen molar-refractivity contribution in [3.63, 3.8) is 0 Å². The maximum atomic E-state index is 5.78. The van der Waals surface area contributed by atoms with Crippen LogP contribution in [-0.4, -0.2) is 54.2 Å². The fraction of sp³-hybridized carbons (Fsp3) is 0.500. The Hall–Kier alpha value is -3.37. The number of methoxy groups -OCH3 is 2. The second-order valence-corrected chi connectivity index (χ2v) is 9.08. The van der Waals surface area contributed by atoms with Crippen LogP contribution in [-0.2, 0) is 28.2 Å². The largest absolute Gasteiger partial charge is 0.347 e. The fourth-order valence-electron chi connectivity index (χ4n) is 4.69. The summed E-state index contributed by atoms with van der Waals surface area (Å²) in [5, 5.41) is 19.5. The Morgan fingerprint density at radius 1 is 1.03 bits per heavy atom. The number of hydrogen-bond donors (Lipinski definition) is 1. The van der Waals surface area contributed by atoms with Crippen LogP contribution in [0.15, 0.2) is 30.3 Å². The number of hydrogen-bond acceptors (Lipinski definition) is 7. The predicted octanol–water partition coefficient (Wildman–Crippen LogP) is 4.50. The van der Waals surface area contributed by atoms with E-state index in [1.165, 1.54) is 0 Å². The highest BCUT2D eigenvalue weighted by Gasteiger charge is 2.36. The van der Waals surface area contributed by atoms with Gasteiger partial charge < -0.3 is 14.0 Å². The lowest BCUT2D eigenvalue weighted by Crippen LogP contribution is -2.32. The molecule has 36 heavy (non-hydrogen) atoms. The van der Waals surface area contributed by atoms with Crippen molar-refractivity contribution in [2.75, 3.05) is 14.2 Å². The quantitative estimate of drug-likeness (QED) is 0.290. The normalized spacial score (nSPS) is 11.9. The van der Waals surface area contributed by atoms with Gasteiger partial charge in [0.2, 0.25) is 17.4 Å². The van der Waals surface area contributed by atoms with E-state index in [9.17, 15) is 0 Å². The monoisotopic (exact) mass is 492 g/mol. The maximum Gasteiger partial charge on any atom is 0.231 e. The summed E-state index contributed by atoms with van der Waals surface area (Å²) in [6.07, 6.45) is 4.57. The average Bonchev–Trinajstić information content (AvgIpc) is 3.61. The van der Waals surface area contributed by atoms with Crippen LogP contribution >= 0.6 is 0 Å². The third-order valence-electron chi connectivity index (χ3n) is 6.54. The molecule has 0 aliphatic rings. The fourth-order valence-corrected chi connectivity index (χ4v) is 4.69. The number of rotatable bonds is 12. The maximum absolute atomic E-state index is 5.78. The first-order valence-corrected chi connectivity index (χ1v) is 12.5. The minimum atomic E-state index is -0.930. The number of tetrazole rings is 1. The van der Waals surface area contributed by atoms with Crippen LogP contribution in [0.5, 0.6) is 0 Å². The molecule has 0 bridgehead atoms. The highest BCUT2D eigenvalue weighted by molar-refractivity contribution is 5.61. The number of nitrogens with one attached hydrogen (secondary N) is 1. The minimum absolute atomic E-state index is 0.576. The van der Waals surface area contributed by atoms with Gasteiger partial charge in [0.15, 0.2) is 0 Å². The Bertz CT molecular complexity index is 1250. The smallest absolute Gasteiger partial charge is 0.231 e. The first-order valence-electron chi connectivity index (χ1n) is 12.5. The molecule has 0 aliphatic heterocycles. The van der Waals surface area contributed by atoms with Crippen molar-refractivity contribution < 1.29 is 9.47 Å². The Morgan fingerprint density at radius 3 is 2.39 bits per heavy atom. The van der Waals surface area contributed by atoms with Crippen LogP contribution in [0, 0.1) is 13.8 Å². The first kappa shape index (κ1) is 25.7. The predicted molar refractivity (Wildman–Crippen MR) is 137 cm³/mol. The van der Waals surface area contributed by atoms with Gasteiger partial charge in [-0.3, -0.25) is 0 Å². The highest BCUT2D eigenvalue weighted by atomic mass is 16.7. The average molecular weight is 493 g/mol. The molecule has 0 saturated carbocycles. The summed E-state index contributed by atoms with van der Waals surface area (Å²) in [6.45, 7) is 9.03. The molecule has 0 atom stereocenters. The van der Waals surface area contributed by atoms with Crippen LogP contribution in [0.3, 0.4) is 0 Å². The van der Waals surface area contributed by atoms with Crippen LogP contribution in [0.2, 0.25) is 0 Å². The van der Waals surface area contributed by atoms with Crippen LogP contribution < -0.4 is 0 Å². The Labute approximate surface area is 212 Å². The summed E-state index contributed by atoms with van der Waals surface area (Å²) in [4.78, 5) is 4.87. The van der Waals surface area contributed by atoms with Gasteiger partial charge in [0, 0.05) is 38.4 Å². The van der Waals surface area contributed by atoms with Crippen molar-refractivity contribution in [3.05, 3.63) is 58.8 Å². The Balaban J connectivity index is 1.65. The number of aromatic nitrogens is 8. The van der Waals surface area contributed by atoms with E-state index in [0.717, 1.165) is 59.7 Å². The standard InChI is InChI=1S/C26H36N8O2/c1-7-9-10-22-27-25(26(35-5,36-6)15-8-2)30-33(22)17-20-11-13-21(14-12-20)34-19(4)16-18(3)23(34)24-28-31-32-29-24/h11-14,16H,7-10,15,17H2,1-6H3,(H,28,29,31,32). The zero-order chi connectivity index (χ0) is 25.7. The van der Waals surface area contributed by atoms with E-state index >= 15 is 0 Å². The number of aromatic amines is 1. The molecule has 3 heterocycles. The molecule has 3 aromatic heterocycles. The summed E-state index contributed by atoms with van der Waals surface area (Å²) < 4.78 is 15.7. The third-order valence-corrected chi connectivity index (χ3v) is 6.54. The summed E-state index contributed by atoms with van der Waals surface area (Å²) in [7, 11) is 3.30. The van der Waals surface area contributed by atoms with Crippen molar-refractivity contribution >= 4 is 0 Å². The number of unbranched alkanes of at least 4 members (excludes halogenated alkanes) is 1. The number of ether oxygens (including phenoxy) is 2. The molecule has 0 saturated heterocycles. The van der Waals surface area contributed by atoms with Crippen LogP contribution in [0.25, 0.3) is 17.2 Å². The number of aryl methyl sites for hydroxylation is 3. The molecular formula is C26H36N8O2. The summed E-state index contributed by atoms with van der Waals surface area (Å²) in [5.41, 5.74) is 5.31. The van der Waals surface area contributed by atoms with Gasteiger partial charge in [-0.05, 0) is 54.8 Å². The van der Waals surface area contributed by atoms with Gasteiger partial charge in [0.05, 0.1) is 12.2 Å². The number of nitrogens with zero attached hydrogens (tertiary/aromatic N) is 7.